The molecule has 0 aliphatic heterocycles. The quantitative estimate of drug-likeness (QED) is 0.714. The Morgan fingerprint density at radius 2 is 1.60 bits per heavy atom. The average molecular weight is 373 g/mol. The van der Waals surface area contributed by atoms with E-state index in [-0.39, 0.29) is 5.91 Å². The molecule has 0 aliphatic carbocycles. The average Bonchev–Trinajstić information content (AvgIpc) is 2.61. The minimum Gasteiger partial charge on any atom is -0.322 e. The number of anilines is 3. The fourth-order valence-corrected chi connectivity index (χ4v) is 2.73. The first-order valence-electron chi connectivity index (χ1n) is 7.41. The standard InChI is InChI=1S/C18H14Cl2N4O/c1-24(16-5-3-2-4-6-16)18-21-10-12(11-22-18)17(25)23-15-8-13(19)7-14(20)9-15/h2-11H,1H3,(H,23,25). The number of carbonyl (C=O) groups is 1. The zero-order chi connectivity index (χ0) is 17.8. The Bertz CT molecular complexity index is 865. The van der Waals surface area contributed by atoms with E-state index in [0.29, 0.717) is 27.2 Å². The van der Waals surface area contributed by atoms with Crippen LogP contribution in [-0.4, -0.2) is 22.9 Å². The van der Waals surface area contributed by atoms with Crippen LogP contribution in [-0.2, 0) is 0 Å². The Morgan fingerprint density at radius 1 is 1.00 bits per heavy atom. The summed E-state index contributed by atoms with van der Waals surface area (Å²) in [6, 6.07) is 14.5. The fraction of sp³-hybridized carbons (Fsp3) is 0.0556. The SMILES string of the molecule is CN(c1ccccc1)c1ncc(C(=O)Nc2cc(Cl)cc(Cl)c2)cn1. The Kier molecular flexibility index (Phi) is 5.16. The summed E-state index contributed by atoms with van der Waals surface area (Å²) in [6.07, 6.45) is 2.95. The summed E-state index contributed by atoms with van der Waals surface area (Å²) in [5, 5.41) is 3.61. The number of amides is 1. The molecule has 0 saturated heterocycles. The molecule has 0 spiro atoms. The summed E-state index contributed by atoms with van der Waals surface area (Å²) in [4.78, 5) is 22.6. The van der Waals surface area contributed by atoms with Gasteiger partial charge in [0.2, 0.25) is 5.95 Å². The lowest BCUT2D eigenvalue weighted by Crippen LogP contribution is -2.16. The summed E-state index contributed by atoms with van der Waals surface area (Å²) >= 11 is 11.9. The third-order valence-corrected chi connectivity index (χ3v) is 3.90. The summed E-state index contributed by atoms with van der Waals surface area (Å²) in [5.74, 6) is 0.154. The fourth-order valence-electron chi connectivity index (χ4n) is 2.21. The van der Waals surface area contributed by atoms with Gasteiger partial charge < -0.3 is 10.2 Å². The maximum atomic E-state index is 12.3. The molecule has 3 rings (SSSR count). The van der Waals surface area contributed by atoms with Crippen LogP contribution in [0.4, 0.5) is 17.3 Å². The van der Waals surface area contributed by atoms with Crippen molar-refractivity contribution in [2.45, 2.75) is 0 Å². The predicted molar refractivity (Wildman–Crippen MR) is 101 cm³/mol. The van der Waals surface area contributed by atoms with Crippen molar-refractivity contribution >= 4 is 46.4 Å². The molecule has 25 heavy (non-hydrogen) atoms. The van der Waals surface area contributed by atoms with Gasteiger partial charge in [-0.1, -0.05) is 41.4 Å². The molecule has 1 amide bonds. The normalized spacial score (nSPS) is 10.4. The smallest absolute Gasteiger partial charge is 0.258 e. The number of benzene rings is 2. The van der Waals surface area contributed by atoms with Gasteiger partial charge in [0.05, 0.1) is 5.56 Å². The second-order valence-electron chi connectivity index (χ2n) is 5.28. The Balaban J connectivity index is 1.74. The maximum absolute atomic E-state index is 12.3. The van der Waals surface area contributed by atoms with Crippen molar-refractivity contribution in [3.8, 4) is 0 Å². The van der Waals surface area contributed by atoms with Crippen LogP contribution in [0.25, 0.3) is 0 Å². The highest BCUT2D eigenvalue weighted by Gasteiger charge is 2.11. The lowest BCUT2D eigenvalue weighted by atomic mass is 10.2. The van der Waals surface area contributed by atoms with E-state index < -0.39 is 0 Å². The molecule has 0 aliphatic rings. The van der Waals surface area contributed by atoms with Crippen LogP contribution < -0.4 is 10.2 Å². The number of nitrogens with zero attached hydrogens (tertiary/aromatic N) is 3. The zero-order valence-electron chi connectivity index (χ0n) is 13.3. The van der Waals surface area contributed by atoms with Gasteiger partial charge in [0.25, 0.3) is 5.91 Å². The highest BCUT2D eigenvalue weighted by Crippen LogP contribution is 2.23. The van der Waals surface area contributed by atoms with Crippen LogP contribution in [0.1, 0.15) is 10.4 Å². The first-order chi connectivity index (χ1) is 12.0. The molecule has 2 aromatic carbocycles. The molecule has 5 nitrogen and oxygen atoms in total. The minimum atomic E-state index is -0.341. The van der Waals surface area contributed by atoms with E-state index in [1.54, 1.807) is 18.2 Å². The number of aromatic nitrogens is 2. The van der Waals surface area contributed by atoms with Gasteiger partial charge in [0.1, 0.15) is 0 Å². The first kappa shape index (κ1) is 17.2. The molecule has 0 bridgehead atoms. The van der Waals surface area contributed by atoms with E-state index in [0.717, 1.165) is 5.69 Å². The second kappa shape index (κ2) is 7.51. The molecule has 0 atom stereocenters. The van der Waals surface area contributed by atoms with Gasteiger partial charge in [-0.15, -0.1) is 0 Å². The van der Waals surface area contributed by atoms with E-state index in [1.165, 1.54) is 12.4 Å². The molecule has 1 aromatic heterocycles. The minimum absolute atomic E-state index is 0.335. The Morgan fingerprint density at radius 3 is 2.20 bits per heavy atom. The van der Waals surface area contributed by atoms with Crippen molar-refractivity contribution in [3.63, 3.8) is 0 Å². The van der Waals surface area contributed by atoms with E-state index in [9.17, 15) is 4.79 Å². The molecule has 0 saturated carbocycles. The summed E-state index contributed by atoms with van der Waals surface area (Å²) in [6.45, 7) is 0. The van der Waals surface area contributed by atoms with Crippen LogP contribution in [0.5, 0.6) is 0 Å². The zero-order valence-corrected chi connectivity index (χ0v) is 14.8. The summed E-state index contributed by atoms with van der Waals surface area (Å²) in [5.41, 5.74) is 1.79. The van der Waals surface area contributed by atoms with Crippen molar-refractivity contribution < 1.29 is 4.79 Å². The summed E-state index contributed by atoms with van der Waals surface area (Å²) in [7, 11) is 1.86. The molecule has 1 heterocycles. The van der Waals surface area contributed by atoms with Crippen LogP contribution in [0.3, 0.4) is 0 Å². The van der Waals surface area contributed by atoms with Crippen molar-refractivity contribution in [2.24, 2.45) is 0 Å². The van der Waals surface area contributed by atoms with Gasteiger partial charge in [-0.05, 0) is 30.3 Å². The number of nitrogens with one attached hydrogen (secondary N) is 1. The van der Waals surface area contributed by atoms with Gasteiger partial charge >= 0.3 is 0 Å². The molecular weight excluding hydrogens is 359 g/mol. The van der Waals surface area contributed by atoms with Crippen LogP contribution in [0.2, 0.25) is 10.0 Å². The molecule has 7 heteroatoms. The van der Waals surface area contributed by atoms with Crippen LogP contribution in [0, 0.1) is 0 Å². The van der Waals surface area contributed by atoms with Crippen molar-refractivity contribution in [1.82, 2.24) is 9.97 Å². The van der Waals surface area contributed by atoms with Crippen LogP contribution in [0.15, 0.2) is 60.9 Å². The number of hydrogen-bond acceptors (Lipinski definition) is 4. The van der Waals surface area contributed by atoms with Crippen molar-refractivity contribution in [3.05, 3.63) is 76.5 Å². The van der Waals surface area contributed by atoms with E-state index in [2.05, 4.69) is 15.3 Å². The van der Waals surface area contributed by atoms with Gasteiger partial charge in [-0.3, -0.25) is 4.79 Å². The van der Waals surface area contributed by atoms with Crippen LogP contribution >= 0.6 is 23.2 Å². The monoisotopic (exact) mass is 372 g/mol. The number of halogens is 2. The molecular formula is C18H14Cl2N4O. The summed E-state index contributed by atoms with van der Waals surface area (Å²) < 4.78 is 0. The topological polar surface area (TPSA) is 58.1 Å². The molecule has 126 valence electrons. The molecule has 0 fully saturated rings. The maximum Gasteiger partial charge on any atom is 0.258 e. The van der Waals surface area contributed by atoms with Gasteiger partial charge in [-0.2, -0.15) is 0 Å². The lowest BCUT2D eigenvalue weighted by Gasteiger charge is -2.16. The predicted octanol–water partition coefficient (Wildman–Crippen LogP) is 4.80. The number of carbonyl (C=O) groups excluding carboxylic acids is 1. The van der Waals surface area contributed by atoms with Gasteiger partial charge in [0, 0.05) is 40.9 Å². The number of para-hydroxylation sites is 1. The Hall–Kier alpha value is -2.63. The Labute approximate surface area is 155 Å². The van der Waals surface area contributed by atoms with Crippen molar-refractivity contribution in [2.75, 3.05) is 17.3 Å². The highest BCUT2D eigenvalue weighted by atomic mass is 35.5. The number of hydrogen-bond donors (Lipinski definition) is 1. The molecule has 0 unspecified atom stereocenters. The van der Waals surface area contributed by atoms with E-state index >= 15 is 0 Å². The van der Waals surface area contributed by atoms with Crippen molar-refractivity contribution in [1.29, 1.82) is 0 Å². The largest absolute Gasteiger partial charge is 0.322 e. The number of rotatable bonds is 4. The molecule has 0 radical (unpaired) electrons. The van der Waals surface area contributed by atoms with Gasteiger partial charge in [0.15, 0.2) is 0 Å². The molecule has 1 N–H and O–H groups in total. The van der Waals surface area contributed by atoms with E-state index in [4.69, 9.17) is 23.2 Å². The van der Waals surface area contributed by atoms with Gasteiger partial charge in [-0.25, -0.2) is 9.97 Å². The highest BCUT2D eigenvalue weighted by molar-refractivity contribution is 6.35. The molecule has 3 aromatic rings. The third-order valence-electron chi connectivity index (χ3n) is 3.46. The first-order valence-corrected chi connectivity index (χ1v) is 8.17. The van der Waals surface area contributed by atoms with E-state index in [1.807, 2.05) is 42.3 Å². The lowest BCUT2D eigenvalue weighted by molar-refractivity contribution is 0.102. The third kappa shape index (κ3) is 4.26. The second-order valence-corrected chi connectivity index (χ2v) is 6.15.